The Morgan fingerprint density at radius 3 is 2.34 bits per heavy atom. The lowest BCUT2D eigenvalue weighted by molar-refractivity contribution is -0.126. The standard InChI is InChI=1S/C22H32N4O6/c1-11(2)18(23)22(31)25-15-9-13(10-17(27)19(15)28)21(30)26-16(20(24)29)8-12-4-6-14(32-3)7-5-12/h4-7,9,11,15-19,27-28H,8,10,23H2,1-3H3,(H2,24,29)(H,25,31)(H,26,30). The first-order chi connectivity index (χ1) is 15.0. The highest BCUT2D eigenvalue weighted by Gasteiger charge is 2.35. The summed E-state index contributed by atoms with van der Waals surface area (Å²) in [5.41, 5.74) is 12.2. The summed E-state index contributed by atoms with van der Waals surface area (Å²) in [6.45, 7) is 3.55. The van der Waals surface area contributed by atoms with E-state index in [4.69, 9.17) is 16.2 Å². The molecule has 0 aliphatic heterocycles. The van der Waals surface area contributed by atoms with Crippen LogP contribution in [0.1, 0.15) is 25.8 Å². The Balaban J connectivity index is 2.13. The van der Waals surface area contributed by atoms with E-state index < -0.39 is 48.1 Å². The van der Waals surface area contributed by atoms with Crippen LogP contribution in [0.25, 0.3) is 0 Å². The van der Waals surface area contributed by atoms with Gasteiger partial charge in [-0.2, -0.15) is 0 Å². The quantitative estimate of drug-likeness (QED) is 0.273. The molecule has 0 fully saturated rings. The number of benzene rings is 1. The Kier molecular flexibility index (Phi) is 8.76. The lowest BCUT2D eigenvalue weighted by atomic mass is 9.89. The van der Waals surface area contributed by atoms with Gasteiger partial charge in [0.1, 0.15) is 17.9 Å². The molecule has 0 heterocycles. The molecule has 0 saturated carbocycles. The van der Waals surface area contributed by atoms with E-state index in [-0.39, 0.29) is 24.3 Å². The lowest BCUT2D eigenvalue weighted by Gasteiger charge is -2.32. The highest BCUT2D eigenvalue weighted by Crippen LogP contribution is 2.21. The summed E-state index contributed by atoms with van der Waals surface area (Å²) in [4.78, 5) is 37.0. The number of ether oxygens (including phenoxy) is 1. The molecule has 1 aromatic carbocycles. The largest absolute Gasteiger partial charge is 0.497 e. The van der Waals surface area contributed by atoms with Gasteiger partial charge in [-0.25, -0.2) is 0 Å². The highest BCUT2D eigenvalue weighted by atomic mass is 16.5. The minimum atomic E-state index is -1.30. The minimum Gasteiger partial charge on any atom is -0.497 e. The van der Waals surface area contributed by atoms with Crippen LogP contribution in [0.3, 0.4) is 0 Å². The molecule has 10 nitrogen and oxygen atoms in total. The molecule has 0 bridgehead atoms. The van der Waals surface area contributed by atoms with Crippen molar-refractivity contribution in [2.24, 2.45) is 17.4 Å². The zero-order valence-electron chi connectivity index (χ0n) is 18.4. The van der Waals surface area contributed by atoms with E-state index in [1.807, 2.05) is 0 Å². The molecule has 5 atom stereocenters. The van der Waals surface area contributed by atoms with Gasteiger partial charge in [-0.1, -0.05) is 32.1 Å². The van der Waals surface area contributed by atoms with Gasteiger partial charge in [0.2, 0.25) is 17.7 Å². The van der Waals surface area contributed by atoms with Crippen molar-refractivity contribution in [2.75, 3.05) is 7.11 Å². The van der Waals surface area contributed by atoms with Crippen molar-refractivity contribution in [3.8, 4) is 5.75 Å². The SMILES string of the molecule is COc1ccc(CC(NC(=O)C2=CC(NC(=O)C(N)C(C)C)C(O)C(O)C2)C(N)=O)cc1. The summed E-state index contributed by atoms with van der Waals surface area (Å²) >= 11 is 0. The molecular formula is C22H32N4O6. The number of carbonyl (C=O) groups excluding carboxylic acids is 3. The van der Waals surface area contributed by atoms with E-state index in [2.05, 4.69) is 10.6 Å². The normalized spacial score (nSPS) is 22.5. The van der Waals surface area contributed by atoms with Gasteiger partial charge in [0.15, 0.2) is 0 Å². The van der Waals surface area contributed by atoms with E-state index in [0.717, 1.165) is 5.56 Å². The summed E-state index contributed by atoms with van der Waals surface area (Å²) < 4.78 is 5.10. The molecule has 5 unspecified atom stereocenters. The third kappa shape index (κ3) is 6.52. The molecule has 1 aliphatic carbocycles. The van der Waals surface area contributed by atoms with E-state index in [1.54, 1.807) is 38.1 Å². The predicted octanol–water partition coefficient (Wildman–Crippen LogP) is -1.27. The summed E-state index contributed by atoms with van der Waals surface area (Å²) in [6.07, 6.45) is -1.21. The van der Waals surface area contributed by atoms with Crippen LogP contribution in [0.5, 0.6) is 5.75 Å². The Labute approximate surface area is 187 Å². The molecule has 0 spiro atoms. The molecule has 3 amide bonds. The van der Waals surface area contributed by atoms with Crippen molar-refractivity contribution in [3.63, 3.8) is 0 Å². The van der Waals surface area contributed by atoms with Crippen LogP contribution in [0, 0.1) is 5.92 Å². The summed E-state index contributed by atoms with van der Waals surface area (Å²) in [6, 6.07) is 4.15. The highest BCUT2D eigenvalue weighted by molar-refractivity contribution is 5.97. The maximum absolute atomic E-state index is 12.8. The molecule has 8 N–H and O–H groups in total. The van der Waals surface area contributed by atoms with E-state index in [0.29, 0.717) is 5.75 Å². The van der Waals surface area contributed by atoms with Crippen molar-refractivity contribution in [1.82, 2.24) is 10.6 Å². The van der Waals surface area contributed by atoms with Crippen LogP contribution < -0.4 is 26.8 Å². The molecule has 0 radical (unpaired) electrons. The average Bonchev–Trinajstić information content (AvgIpc) is 2.75. The monoisotopic (exact) mass is 448 g/mol. The van der Waals surface area contributed by atoms with Crippen molar-refractivity contribution >= 4 is 17.7 Å². The summed E-state index contributed by atoms with van der Waals surface area (Å²) in [5.74, 6) is -1.34. The first-order valence-corrected chi connectivity index (χ1v) is 10.4. The fourth-order valence-electron chi connectivity index (χ4n) is 3.30. The van der Waals surface area contributed by atoms with Gasteiger partial charge >= 0.3 is 0 Å². The van der Waals surface area contributed by atoms with Gasteiger partial charge in [0.25, 0.3) is 0 Å². The number of nitrogens with one attached hydrogen (secondary N) is 2. The van der Waals surface area contributed by atoms with Gasteiger partial charge in [0, 0.05) is 18.4 Å². The van der Waals surface area contributed by atoms with Crippen molar-refractivity contribution in [3.05, 3.63) is 41.5 Å². The van der Waals surface area contributed by atoms with Crippen LogP contribution in [-0.2, 0) is 20.8 Å². The van der Waals surface area contributed by atoms with Crippen molar-refractivity contribution in [2.45, 2.75) is 57.0 Å². The topological polar surface area (TPSA) is 177 Å². The van der Waals surface area contributed by atoms with Gasteiger partial charge in [-0.05, 0) is 23.6 Å². The summed E-state index contributed by atoms with van der Waals surface area (Å²) in [5, 5.41) is 25.6. The number of primary amides is 1. The molecule has 32 heavy (non-hydrogen) atoms. The number of aliphatic hydroxyl groups excluding tert-OH is 2. The van der Waals surface area contributed by atoms with Crippen LogP contribution in [0.2, 0.25) is 0 Å². The molecule has 1 aromatic rings. The number of carbonyl (C=O) groups is 3. The fourth-order valence-corrected chi connectivity index (χ4v) is 3.30. The van der Waals surface area contributed by atoms with Crippen LogP contribution in [-0.4, -0.2) is 65.4 Å². The number of methoxy groups -OCH3 is 1. The molecule has 1 aliphatic rings. The molecule has 0 aromatic heterocycles. The second-order valence-corrected chi connectivity index (χ2v) is 8.24. The number of hydrogen-bond donors (Lipinski definition) is 6. The number of hydrogen-bond acceptors (Lipinski definition) is 7. The second kappa shape index (κ2) is 11.1. The number of rotatable bonds is 9. The number of amides is 3. The van der Waals surface area contributed by atoms with Gasteiger partial charge in [-0.15, -0.1) is 0 Å². The lowest BCUT2D eigenvalue weighted by Crippen LogP contribution is -2.55. The fraction of sp³-hybridized carbons (Fsp3) is 0.500. The van der Waals surface area contributed by atoms with Crippen LogP contribution in [0.4, 0.5) is 0 Å². The Hall–Kier alpha value is -2.95. The zero-order chi connectivity index (χ0) is 24.0. The smallest absolute Gasteiger partial charge is 0.247 e. The number of aliphatic hydroxyl groups is 2. The first-order valence-electron chi connectivity index (χ1n) is 10.4. The van der Waals surface area contributed by atoms with Crippen molar-refractivity contribution in [1.29, 1.82) is 0 Å². The molecular weight excluding hydrogens is 416 g/mol. The Morgan fingerprint density at radius 2 is 1.81 bits per heavy atom. The molecule has 176 valence electrons. The maximum Gasteiger partial charge on any atom is 0.247 e. The minimum absolute atomic E-state index is 0.118. The van der Waals surface area contributed by atoms with Gasteiger partial charge in [0.05, 0.1) is 25.3 Å². The molecule has 10 heteroatoms. The third-order valence-electron chi connectivity index (χ3n) is 5.44. The number of nitrogens with two attached hydrogens (primary N) is 2. The average molecular weight is 449 g/mol. The first kappa shape index (κ1) is 25.3. The maximum atomic E-state index is 12.8. The van der Waals surface area contributed by atoms with E-state index in [9.17, 15) is 24.6 Å². The van der Waals surface area contributed by atoms with Gasteiger partial charge < -0.3 is 37.1 Å². The van der Waals surface area contributed by atoms with Gasteiger partial charge in [-0.3, -0.25) is 14.4 Å². The zero-order valence-corrected chi connectivity index (χ0v) is 18.4. The van der Waals surface area contributed by atoms with E-state index >= 15 is 0 Å². The van der Waals surface area contributed by atoms with Crippen LogP contribution in [0.15, 0.2) is 35.9 Å². The second-order valence-electron chi connectivity index (χ2n) is 8.24. The predicted molar refractivity (Wildman–Crippen MR) is 117 cm³/mol. The van der Waals surface area contributed by atoms with E-state index in [1.165, 1.54) is 13.2 Å². The van der Waals surface area contributed by atoms with Crippen molar-refractivity contribution < 1.29 is 29.3 Å². The Morgan fingerprint density at radius 1 is 1.19 bits per heavy atom. The summed E-state index contributed by atoms with van der Waals surface area (Å²) in [7, 11) is 1.54. The van der Waals surface area contributed by atoms with Crippen LogP contribution >= 0.6 is 0 Å². The molecule has 2 rings (SSSR count). The third-order valence-corrected chi connectivity index (χ3v) is 5.44. The molecule has 0 saturated heterocycles. The Bertz CT molecular complexity index is 854.